The van der Waals surface area contributed by atoms with Crippen molar-refractivity contribution >= 4 is 17.7 Å². The molecule has 0 aliphatic heterocycles. The Hall–Kier alpha value is -2.28. The van der Waals surface area contributed by atoms with Crippen LogP contribution in [0.1, 0.15) is 32.4 Å². The van der Waals surface area contributed by atoms with E-state index in [4.69, 9.17) is 9.47 Å². The lowest BCUT2D eigenvalue weighted by molar-refractivity contribution is -0.119. The third kappa shape index (κ3) is 6.13. The second-order valence-corrected chi connectivity index (χ2v) is 6.74. The highest BCUT2D eigenvalue weighted by atomic mass is 32.2. The highest BCUT2D eigenvalue weighted by Gasteiger charge is 2.14. The van der Waals surface area contributed by atoms with E-state index in [0.717, 1.165) is 35.5 Å². The van der Waals surface area contributed by atoms with Crippen molar-refractivity contribution in [1.82, 2.24) is 5.32 Å². The Labute approximate surface area is 162 Å². The topological polar surface area (TPSA) is 47.6 Å². The first-order valence-corrected chi connectivity index (χ1v) is 9.69. The SMILES string of the molecule is CCOc1ccc([C@H](C)NC(=O)CSc2cc(F)ccc2F)cc1OCC. The maximum Gasteiger partial charge on any atom is 0.230 e. The van der Waals surface area contributed by atoms with Gasteiger partial charge in [0.1, 0.15) is 11.6 Å². The summed E-state index contributed by atoms with van der Waals surface area (Å²) in [5.41, 5.74) is 0.859. The Kier molecular flexibility index (Phi) is 7.91. The summed E-state index contributed by atoms with van der Waals surface area (Å²) in [6.07, 6.45) is 0. The highest BCUT2D eigenvalue weighted by molar-refractivity contribution is 8.00. The van der Waals surface area contributed by atoms with Gasteiger partial charge in [-0.15, -0.1) is 11.8 Å². The van der Waals surface area contributed by atoms with E-state index in [1.54, 1.807) is 0 Å². The number of benzene rings is 2. The fraction of sp³-hybridized carbons (Fsp3) is 0.350. The van der Waals surface area contributed by atoms with Crippen LogP contribution in [0.4, 0.5) is 8.78 Å². The van der Waals surface area contributed by atoms with Gasteiger partial charge in [0.05, 0.1) is 25.0 Å². The fourth-order valence-electron chi connectivity index (χ4n) is 2.43. The summed E-state index contributed by atoms with van der Waals surface area (Å²) in [7, 11) is 0. The van der Waals surface area contributed by atoms with Crippen molar-refractivity contribution in [2.45, 2.75) is 31.7 Å². The molecule has 4 nitrogen and oxygen atoms in total. The molecule has 27 heavy (non-hydrogen) atoms. The van der Waals surface area contributed by atoms with Gasteiger partial charge in [0.25, 0.3) is 0 Å². The summed E-state index contributed by atoms with van der Waals surface area (Å²) in [6.45, 7) is 6.65. The van der Waals surface area contributed by atoms with Gasteiger partial charge in [-0.1, -0.05) is 6.07 Å². The van der Waals surface area contributed by atoms with Crippen molar-refractivity contribution < 1.29 is 23.0 Å². The highest BCUT2D eigenvalue weighted by Crippen LogP contribution is 2.31. The van der Waals surface area contributed by atoms with Crippen LogP contribution >= 0.6 is 11.8 Å². The quantitative estimate of drug-likeness (QED) is 0.624. The molecule has 0 bridgehead atoms. The largest absolute Gasteiger partial charge is 0.490 e. The van der Waals surface area contributed by atoms with Crippen LogP contribution in [0.3, 0.4) is 0 Å². The predicted octanol–water partition coefficient (Wildman–Crippen LogP) is 4.73. The molecular formula is C20H23F2NO3S. The zero-order valence-electron chi connectivity index (χ0n) is 15.6. The Morgan fingerprint density at radius 2 is 1.78 bits per heavy atom. The van der Waals surface area contributed by atoms with Crippen LogP contribution in [-0.4, -0.2) is 24.9 Å². The summed E-state index contributed by atoms with van der Waals surface area (Å²) in [6, 6.07) is 8.40. The van der Waals surface area contributed by atoms with E-state index in [-0.39, 0.29) is 22.6 Å². The minimum Gasteiger partial charge on any atom is -0.490 e. The van der Waals surface area contributed by atoms with Gasteiger partial charge in [-0.05, 0) is 56.7 Å². The van der Waals surface area contributed by atoms with Gasteiger partial charge in [0, 0.05) is 4.90 Å². The summed E-state index contributed by atoms with van der Waals surface area (Å²) in [5.74, 6) is -0.100. The average molecular weight is 395 g/mol. The van der Waals surface area contributed by atoms with Gasteiger partial charge in [0.15, 0.2) is 11.5 Å². The molecule has 0 unspecified atom stereocenters. The molecule has 0 saturated heterocycles. The monoisotopic (exact) mass is 395 g/mol. The molecule has 1 N–H and O–H groups in total. The van der Waals surface area contributed by atoms with Crippen molar-refractivity contribution in [3.8, 4) is 11.5 Å². The molecule has 0 radical (unpaired) electrons. The fourth-order valence-corrected chi connectivity index (χ4v) is 3.21. The second kappa shape index (κ2) is 10.2. The van der Waals surface area contributed by atoms with Gasteiger partial charge in [-0.25, -0.2) is 8.78 Å². The molecule has 2 aromatic rings. The van der Waals surface area contributed by atoms with Gasteiger partial charge in [-0.2, -0.15) is 0 Å². The van der Waals surface area contributed by atoms with Crippen molar-refractivity contribution in [1.29, 1.82) is 0 Å². The van der Waals surface area contributed by atoms with E-state index in [1.807, 2.05) is 39.0 Å². The number of hydrogen-bond donors (Lipinski definition) is 1. The first kappa shape index (κ1) is 21.0. The smallest absolute Gasteiger partial charge is 0.230 e. The lowest BCUT2D eigenvalue weighted by Gasteiger charge is -2.17. The minimum absolute atomic E-state index is 0.0138. The molecule has 146 valence electrons. The standard InChI is InChI=1S/C20H23F2NO3S/c1-4-25-17-9-6-14(10-18(17)26-5-2)13(3)23-20(24)12-27-19-11-15(21)7-8-16(19)22/h6-11,13H,4-5,12H2,1-3H3,(H,23,24)/t13-/m0/s1. The first-order chi connectivity index (χ1) is 12.9. The summed E-state index contributed by atoms with van der Waals surface area (Å²) in [5, 5.41) is 2.85. The normalized spacial score (nSPS) is 11.7. The predicted molar refractivity (Wildman–Crippen MR) is 102 cm³/mol. The van der Waals surface area contributed by atoms with E-state index in [2.05, 4.69) is 5.32 Å². The molecular weight excluding hydrogens is 372 g/mol. The third-order valence-corrected chi connectivity index (χ3v) is 4.73. The molecule has 0 aromatic heterocycles. The van der Waals surface area contributed by atoms with E-state index in [9.17, 15) is 13.6 Å². The van der Waals surface area contributed by atoms with E-state index < -0.39 is 11.6 Å². The Morgan fingerprint density at radius 1 is 1.07 bits per heavy atom. The Morgan fingerprint density at radius 3 is 2.48 bits per heavy atom. The van der Waals surface area contributed by atoms with Crippen molar-refractivity contribution in [3.63, 3.8) is 0 Å². The number of amides is 1. The number of carbonyl (C=O) groups excluding carboxylic acids is 1. The average Bonchev–Trinajstić information content (AvgIpc) is 2.64. The van der Waals surface area contributed by atoms with Crippen molar-refractivity contribution in [3.05, 3.63) is 53.6 Å². The molecule has 2 aromatic carbocycles. The van der Waals surface area contributed by atoms with Crippen LogP contribution in [0.25, 0.3) is 0 Å². The van der Waals surface area contributed by atoms with Crippen LogP contribution < -0.4 is 14.8 Å². The van der Waals surface area contributed by atoms with Crippen LogP contribution in [0.5, 0.6) is 11.5 Å². The van der Waals surface area contributed by atoms with Gasteiger partial charge in [-0.3, -0.25) is 4.79 Å². The maximum atomic E-state index is 13.6. The van der Waals surface area contributed by atoms with E-state index >= 15 is 0 Å². The third-order valence-electron chi connectivity index (χ3n) is 3.70. The lowest BCUT2D eigenvalue weighted by atomic mass is 10.1. The summed E-state index contributed by atoms with van der Waals surface area (Å²) in [4.78, 5) is 12.3. The first-order valence-electron chi connectivity index (χ1n) is 8.71. The zero-order valence-corrected chi connectivity index (χ0v) is 16.4. The van der Waals surface area contributed by atoms with Crippen molar-refractivity contribution in [2.75, 3.05) is 19.0 Å². The van der Waals surface area contributed by atoms with E-state index in [1.165, 1.54) is 0 Å². The van der Waals surface area contributed by atoms with Crippen LogP contribution in [-0.2, 0) is 4.79 Å². The molecule has 2 rings (SSSR count). The number of carbonyl (C=O) groups is 1. The molecule has 0 spiro atoms. The number of hydrogen-bond acceptors (Lipinski definition) is 4. The Bertz CT molecular complexity index is 786. The van der Waals surface area contributed by atoms with Crippen LogP contribution in [0.15, 0.2) is 41.3 Å². The number of ether oxygens (including phenoxy) is 2. The zero-order chi connectivity index (χ0) is 19.8. The Balaban J connectivity index is 1.99. The van der Waals surface area contributed by atoms with Gasteiger partial charge in [0.2, 0.25) is 5.91 Å². The van der Waals surface area contributed by atoms with E-state index in [0.29, 0.717) is 24.7 Å². The second-order valence-electron chi connectivity index (χ2n) is 5.72. The van der Waals surface area contributed by atoms with Crippen LogP contribution in [0, 0.1) is 11.6 Å². The number of nitrogens with one attached hydrogen (secondary N) is 1. The van der Waals surface area contributed by atoms with Gasteiger partial charge < -0.3 is 14.8 Å². The molecule has 1 atom stereocenters. The summed E-state index contributed by atoms with van der Waals surface area (Å²) >= 11 is 0.955. The molecule has 0 fully saturated rings. The molecule has 0 aliphatic carbocycles. The molecule has 0 aliphatic rings. The van der Waals surface area contributed by atoms with Crippen molar-refractivity contribution in [2.24, 2.45) is 0 Å². The maximum absolute atomic E-state index is 13.6. The number of halogens is 2. The number of thioether (sulfide) groups is 1. The summed E-state index contributed by atoms with van der Waals surface area (Å²) < 4.78 is 37.9. The molecule has 0 saturated carbocycles. The van der Waals surface area contributed by atoms with Crippen LogP contribution in [0.2, 0.25) is 0 Å². The number of rotatable bonds is 9. The van der Waals surface area contributed by atoms with Gasteiger partial charge >= 0.3 is 0 Å². The molecule has 0 heterocycles. The molecule has 1 amide bonds. The molecule has 7 heteroatoms. The lowest BCUT2D eigenvalue weighted by Crippen LogP contribution is -2.28. The minimum atomic E-state index is -0.546.